The van der Waals surface area contributed by atoms with Crippen LogP contribution in [0.3, 0.4) is 0 Å². The van der Waals surface area contributed by atoms with E-state index >= 15 is 0 Å². The number of benzene rings is 1. The Morgan fingerprint density at radius 2 is 1.77 bits per heavy atom. The molecule has 0 aromatic heterocycles. The van der Waals surface area contributed by atoms with Crippen molar-refractivity contribution in [1.29, 1.82) is 0 Å². The molecule has 5 N–H and O–H groups in total. The molecule has 120 valence electrons. The highest BCUT2D eigenvalue weighted by atomic mass is 16.2. The lowest BCUT2D eigenvalue weighted by atomic mass is 9.96. The SMILES string of the molecule is C=CCNC(=O)Nc1ccc(NC(=O)C(C)(N)CCC)cc1. The Bertz CT molecular complexity index is 523. The van der Waals surface area contributed by atoms with E-state index in [1.54, 1.807) is 37.3 Å². The van der Waals surface area contributed by atoms with E-state index in [2.05, 4.69) is 22.5 Å². The molecule has 0 heterocycles. The first-order valence-corrected chi connectivity index (χ1v) is 7.25. The predicted molar refractivity (Wildman–Crippen MR) is 89.8 cm³/mol. The van der Waals surface area contributed by atoms with Crippen LogP contribution in [0, 0.1) is 0 Å². The van der Waals surface area contributed by atoms with E-state index in [4.69, 9.17) is 5.73 Å². The second kappa shape index (κ2) is 8.19. The predicted octanol–water partition coefficient (Wildman–Crippen LogP) is 2.45. The lowest BCUT2D eigenvalue weighted by Gasteiger charge is -2.22. The number of rotatable bonds is 7. The third-order valence-corrected chi connectivity index (χ3v) is 3.10. The fourth-order valence-electron chi connectivity index (χ4n) is 1.88. The van der Waals surface area contributed by atoms with Gasteiger partial charge >= 0.3 is 6.03 Å². The van der Waals surface area contributed by atoms with Gasteiger partial charge in [-0.05, 0) is 37.6 Å². The standard InChI is InChI=1S/C16H24N4O2/c1-4-10-16(3,17)14(21)19-12-6-8-13(9-7-12)20-15(22)18-11-5-2/h5-9H,2,4,10-11,17H2,1,3H3,(H,19,21)(H2,18,20,22). The maximum absolute atomic E-state index is 12.1. The van der Waals surface area contributed by atoms with Gasteiger partial charge in [-0.2, -0.15) is 0 Å². The van der Waals surface area contributed by atoms with Crippen molar-refractivity contribution in [2.24, 2.45) is 5.73 Å². The number of amides is 3. The zero-order chi connectivity index (χ0) is 16.6. The molecule has 1 rings (SSSR count). The Balaban J connectivity index is 2.60. The third-order valence-electron chi connectivity index (χ3n) is 3.10. The molecule has 0 aliphatic heterocycles. The van der Waals surface area contributed by atoms with Gasteiger partial charge in [0, 0.05) is 17.9 Å². The van der Waals surface area contributed by atoms with Gasteiger partial charge in [-0.3, -0.25) is 4.79 Å². The van der Waals surface area contributed by atoms with Crippen LogP contribution in [-0.2, 0) is 4.79 Å². The van der Waals surface area contributed by atoms with Crippen molar-refractivity contribution >= 4 is 23.3 Å². The van der Waals surface area contributed by atoms with Crippen LogP contribution in [0.4, 0.5) is 16.2 Å². The molecule has 0 fully saturated rings. The summed E-state index contributed by atoms with van der Waals surface area (Å²) in [6, 6.07) is 6.52. The molecule has 1 unspecified atom stereocenters. The van der Waals surface area contributed by atoms with Crippen molar-refractivity contribution in [2.45, 2.75) is 32.2 Å². The second-order valence-electron chi connectivity index (χ2n) is 5.32. The van der Waals surface area contributed by atoms with Crippen LogP contribution in [0.25, 0.3) is 0 Å². The van der Waals surface area contributed by atoms with Crippen LogP contribution in [0.5, 0.6) is 0 Å². The van der Waals surface area contributed by atoms with Crippen molar-refractivity contribution in [3.8, 4) is 0 Å². The van der Waals surface area contributed by atoms with E-state index in [9.17, 15) is 9.59 Å². The number of anilines is 2. The summed E-state index contributed by atoms with van der Waals surface area (Å²) in [5.41, 5.74) is 6.35. The quantitative estimate of drug-likeness (QED) is 0.583. The number of urea groups is 1. The van der Waals surface area contributed by atoms with Gasteiger partial charge in [0.15, 0.2) is 0 Å². The molecule has 0 bridgehead atoms. The van der Waals surface area contributed by atoms with E-state index in [1.165, 1.54) is 0 Å². The van der Waals surface area contributed by atoms with Crippen molar-refractivity contribution in [3.05, 3.63) is 36.9 Å². The zero-order valence-electron chi connectivity index (χ0n) is 13.1. The van der Waals surface area contributed by atoms with Gasteiger partial charge in [-0.15, -0.1) is 6.58 Å². The van der Waals surface area contributed by atoms with E-state index in [1.807, 2.05) is 6.92 Å². The molecular weight excluding hydrogens is 280 g/mol. The molecule has 1 atom stereocenters. The van der Waals surface area contributed by atoms with Crippen LogP contribution in [0.2, 0.25) is 0 Å². The van der Waals surface area contributed by atoms with Crippen molar-refractivity contribution in [2.75, 3.05) is 17.2 Å². The minimum Gasteiger partial charge on any atom is -0.334 e. The third kappa shape index (κ3) is 5.57. The minimum absolute atomic E-state index is 0.223. The zero-order valence-corrected chi connectivity index (χ0v) is 13.1. The molecule has 1 aromatic rings. The highest BCUT2D eigenvalue weighted by Crippen LogP contribution is 2.16. The van der Waals surface area contributed by atoms with Crippen LogP contribution >= 0.6 is 0 Å². The molecule has 6 nitrogen and oxygen atoms in total. The number of nitrogens with one attached hydrogen (secondary N) is 3. The Morgan fingerprint density at radius 1 is 1.23 bits per heavy atom. The van der Waals surface area contributed by atoms with Gasteiger partial charge in [0.2, 0.25) is 5.91 Å². The second-order valence-corrected chi connectivity index (χ2v) is 5.32. The number of nitrogens with two attached hydrogens (primary N) is 1. The minimum atomic E-state index is -0.893. The van der Waals surface area contributed by atoms with E-state index in [0.717, 1.165) is 6.42 Å². The Hall–Kier alpha value is -2.34. The fraction of sp³-hybridized carbons (Fsp3) is 0.375. The maximum Gasteiger partial charge on any atom is 0.319 e. The van der Waals surface area contributed by atoms with Crippen molar-refractivity contribution < 1.29 is 9.59 Å². The van der Waals surface area contributed by atoms with Crippen LogP contribution < -0.4 is 21.7 Å². The van der Waals surface area contributed by atoms with Gasteiger partial charge in [0.25, 0.3) is 0 Å². The molecule has 0 saturated carbocycles. The normalized spacial score (nSPS) is 12.9. The first-order chi connectivity index (χ1) is 10.4. The largest absolute Gasteiger partial charge is 0.334 e. The monoisotopic (exact) mass is 304 g/mol. The summed E-state index contributed by atoms with van der Waals surface area (Å²) in [5.74, 6) is -0.223. The van der Waals surface area contributed by atoms with Crippen molar-refractivity contribution in [3.63, 3.8) is 0 Å². The van der Waals surface area contributed by atoms with Crippen LogP contribution in [0.15, 0.2) is 36.9 Å². The molecule has 0 aliphatic rings. The summed E-state index contributed by atoms with van der Waals surface area (Å²) in [4.78, 5) is 23.6. The first kappa shape index (κ1) is 17.7. The number of carbonyl (C=O) groups is 2. The van der Waals surface area contributed by atoms with Gasteiger partial charge in [0.1, 0.15) is 0 Å². The topological polar surface area (TPSA) is 96.2 Å². The summed E-state index contributed by atoms with van der Waals surface area (Å²) >= 11 is 0. The summed E-state index contributed by atoms with van der Waals surface area (Å²) in [6.07, 6.45) is 3.05. The fourth-order valence-corrected chi connectivity index (χ4v) is 1.88. The number of hydrogen-bond donors (Lipinski definition) is 4. The lowest BCUT2D eigenvalue weighted by molar-refractivity contribution is -0.120. The van der Waals surface area contributed by atoms with E-state index in [-0.39, 0.29) is 11.9 Å². The summed E-state index contributed by atoms with van der Waals surface area (Å²) in [7, 11) is 0. The van der Waals surface area contributed by atoms with E-state index in [0.29, 0.717) is 24.3 Å². The van der Waals surface area contributed by atoms with Crippen LogP contribution in [0.1, 0.15) is 26.7 Å². The molecule has 0 aliphatic carbocycles. The molecule has 3 amide bonds. The summed E-state index contributed by atoms with van der Waals surface area (Å²) in [5, 5.41) is 8.06. The molecular formula is C16H24N4O2. The first-order valence-electron chi connectivity index (χ1n) is 7.25. The highest BCUT2D eigenvalue weighted by molar-refractivity contribution is 5.98. The number of hydrogen-bond acceptors (Lipinski definition) is 3. The molecule has 0 saturated heterocycles. The lowest BCUT2D eigenvalue weighted by Crippen LogP contribution is -2.48. The maximum atomic E-state index is 12.1. The summed E-state index contributed by atoms with van der Waals surface area (Å²) in [6.45, 7) is 7.61. The molecule has 0 spiro atoms. The van der Waals surface area contributed by atoms with Crippen molar-refractivity contribution in [1.82, 2.24) is 5.32 Å². The van der Waals surface area contributed by atoms with Crippen LogP contribution in [-0.4, -0.2) is 24.0 Å². The molecule has 0 radical (unpaired) electrons. The molecule has 22 heavy (non-hydrogen) atoms. The smallest absolute Gasteiger partial charge is 0.319 e. The molecule has 1 aromatic carbocycles. The van der Waals surface area contributed by atoms with Gasteiger partial charge in [-0.1, -0.05) is 19.4 Å². The molecule has 6 heteroatoms. The highest BCUT2D eigenvalue weighted by Gasteiger charge is 2.27. The Morgan fingerprint density at radius 3 is 2.27 bits per heavy atom. The van der Waals surface area contributed by atoms with Gasteiger partial charge < -0.3 is 21.7 Å². The number of carbonyl (C=O) groups excluding carboxylic acids is 2. The van der Waals surface area contributed by atoms with Gasteiger partial charge in [0.05, 0.1) is 5.54 Å². The Kier molecular flexibility index (Phi) is 6.59. The average molecular weight is 304 g/mol. The summed E-state index contributed by atoms with van der Waals surface area (Å²) < 4.78 is 0. The van der Waals surface area contributed by atoms with E-state index < -0.39 is 5.54 Å². The Labute approximate surface area is 131 Å². The van der Waals surface area contributed by atoms with Gasteiger partial charge in [-0.25, -0.2) is 4.79 Å². The average Bonchev–Trinajstić information content (AvgIpc) is 2.47.